The van der Waals surface area contributed by atoms with Gasteiger partial charge in [0.1, 0.15) is 16.2 Å². The van der Waals surface area contributed by atoms with Gasteiger partial charge in [0, 0.05) is 13.2 Å². The zero-order valence-electron chi connectivity index (χ0n) is 18.8. The number of anilines is 1. The first-order chi connectivity index (χ1) is 15.2. The molecule has 0 saturated carbocycles. The zero-order valence-corrected chi connectivity index (χ0v) is 19.6. The van der Waals surface area contributed by atoms with Crippen LogP contribution < -0.4 is 5.73 Å². The van der Waals surface area contributed by atoms with Crippen LogP contribution in [0.5, 0.6) is 0 Å². The van der Waals surface area contributed by atoms with Crippen molar-refractivity contribution < 1.29 is 13.2 Å². The number of fused-ring (bicyclic) bond motifs is 2. The first-order valence-corrected chi connectivity index (χ1v) is 12.2. The number of aryl methyl sites for hydroxylation is 3. The van der Waals surface area contributed by atoms with Gasteiger partial charge in [-0.2, -0.15) is 0 Å². The third-order valence-corrected chi connectivity index (χ3v) is 7.38. The van der Waals surface area contributed by atoms with Crippen LogP contribution in [0.2, 0.25) is 0 Å². The third-order valence-electron chi connectivity index (χ3n) is 5.43. The predicted molar refractivity (Wildman–Crippen MR) is 127 cm³/mol. The molecule has 0 saturated heterocycles. The van der Waals surface area contributed by atoms with Crippen LogP contribution in [-0.2, 0) is 21.1 Å². The van der Waals surface area contributed by atoms with Crippen LogP contribution in [0.1, 0.15) is 31.4 Å². The van der Waals surface area contributed by atoms with E-state index in [1.54, 1.807) is 17.6 Å². The highest BCUT2D eigenvalue weighted by atomic mass is 32.2. The highest BCUT2D eigenvalue weighted by Crippen LogP contribution is 2.36. The van der Waals surface area contributed by atoms with Crippen molar-refractivity contribution >= 4 is 37.9 Å². The zero-order chi connectivity index (χ0) is 23.0. The molecule has 7 nitrogen and oxygen atoms in total. The Morgan fingerprint density at radius 1 is 1.06 bits per heavy atom. The van der Waals surface area contributed by atoms with Crippen LogP contribution in [0, 0.1) is 13.8 Å². The molecule has 0 amide bonds. The molecule has 32 heavy (non-hydrogen) atoms. The summed E-state index contributed by atoms with van der Waals surface area (Å²) in [4.78, 5) is 9.68. The minimum Gasteiger partial charge on any atom is -0.384 e. The molecule has 0 aliphatic carbocycles. The van der Waals surface area contributed by atoms with Gasteiger partial charge in [-0.15, -0.1) is 0 Å². The molecule has 0 unspecified atom stereocenters. The predicted octanol–water partition coefficient (Wildman–Crippen LogP) is 4.43. The standard InChI is InChI=1S/C24H28N4O3S/c1-15(2)31-13-7-12-28-23(25)22(32(29,30)20-14-16(3)10-11-17(20)4)21-24(28)27-19-9-6-5-8-18(19)26-21/h5-6,8-11,14-15H,7,12-13,25H2,1-4H3. The molecule has 0 fully saturated rings. The number of nitrogen functional groups attached to an aromatic ring is 1. The largest absolute Gasteiger partial charge is 0.384 e. The van der Waals surface area contributed by atoms with Crippen molar-refractivity contribution in [2.75, 3.05) is 12.3 Å². The van der Waals surface area contributed by atoms with Gasteiger partial charge >= 0.3 is 0 Å². The Hall–Kier alpha value is -2.97. The lowest BCUT2D eigenvalue weighted by Gasteiger charge is -2.11. The van der Waals surface area contributed by atoms with E-state index in [2.05, 4.69) is 4.98 Å². The molecule has 4 aromatic rings. The van der Waals surface area contributed by atoms with E-state index in [0.29, 0.717) is 47.3 Å². The number of benzene rings is 2. The highest BCUT2D eigenvalue weighted by Gasteiger charge is 2.31. The first-order valence-electron chi connectivity index (χ1n) is 10.7. The Morgan fingerprint density at radius 3 is 2.44 bits per heavy atom. The molecule has 0 bridgehead atoms. The van der Waals surface area contributed by atoms with E-state index in [9.17, 15) is 8.42 Å². The lowest BCUT2D eigenvalue weighted by molar-refractivity contribution is 0.0751. The van der Waals surface area contributed by atoms with Crippen molar-refractivity contribution in [1.29, 1.82) is 0 Å². The number of ether oxygens (including phenoxy) is 1. The second-order valence-corrected chi connectivity index (χ2v) is 10.2. The van der Waals surface area contributed by atoms with Gasteiger partial charge in [0.05, 0.1) is 22.0 Å². The molecular weight excluding hydrogens is 424 g/mol. The van der Waals surface area contributed by atoms with Gasteiger partial charge in [-0.3, -0.25) is 0 Å². The Labute approximate surface area is 188 Å². The van der Waals surface area contributed by atoms with Gasteiger partial charge in [0.15, 0.2) is 5.65 Å². The van der Waals surface area contributed by atoms with Gasteiger partial charge < -0.3 is 15.0 Å². The number of nitrogens with zero attached hydrogens (tertiary/aromatic N) is 3. The van der Waals surface area contributed by atoms with E-state index in [1.807, 2.05) is 57.2 Å². The molecule has 2 aromatic carbocycles. The maximum absolute atomic E-state index is 13.8. The summed E-state index contributed by atoms with van der Waals surface area (Å²) in [6.45, 7) is 8.62. The average Bonchev–Trinajstić information content (AvgIpc) is 3.02. The van der Waals surface area contributed by atoms with Crippen LogP contribution >= 0.6 is 0 Å². The highest BCUT2D eigenvalue weighted by molar-refractivity contribution is 7.92. The number of nitrogens with two attached hydrogens (primary N) is 1. The van der Waals surface area contributed by atoms with E-state index in [4.69, 9.17) is 15.5 Å². The summed E-state index contributed by atoms with van der Waals surface area (Å²) >= 11 is 0. The summed E-state index contributed by atoms with van der Waals surface area (Å²) in [6, 6.07) is 12.8. The van der Waals surface area contributed by atoms with Crippen molar-refractivity contribution in [2.24, 2.45) is 0 Å². The topological polar surface area (TPSA) is 100 Å². The van der Waals surface area contributed by atoms with Crippen molar-refractivity contribution in [2.45, 2.75) is 56.6 Å². The fourth-order valence-corrected chi connectivity index (χ4v) is 5.66. The Bertz CT molecular complexity index is 1410. The van der Waals surface area contributed by atoms with E-state index >= 15 is 0 Å². The maximum Gasteiger partial charge on any atom is 0.212 e. The van der Waals surface area contributed by atoms with Gasteiger partial charge in [0.2, 0.25) is 9.84 Å². The molecule has 0 aliphatic rings. The molecule has 8 heteroatoms. The minimum absolute atomic E-state index is 0.0178. The summed E-state index contributed by atoms with van der Waals surface area (Å²) in [5.74, 6) is 0.153. The third kappa shape index (κ3) is 3.96. The fraction of sp³-hybridized carbons (Fsp3) is 0.333. The van der Waals surface area contributed by atoms with Gasteiger partial charge in [0.25, 0.3) is 0 Å². The molecule has 0 radical (unpaired) electrons. The number of hydrogen-bond donors (Lipinski definition) is 1. The fourth-order valence-electron chi connectivity index (χ4n) is 3.83. The van der Waals surface area contributed by atoms with Crippen LogP contribution in [0.3, 0.4) is 0 Å². The lowest BCUT2D eigenvalue weighted by Crippen LogP contribution is -2.11. The number of rotatable bonds is 7. The SMILES string of the molecule is Cc1ccc(C)c(S(=O)(=O)c2c(N)n(CCCOC(C)C)c3nc4ccccc4nc23)c1. The van der Waals surface area contributed by atoms with Crippen LogP contribution in [0.25, 0.3) is 22.2 Å². The molecule has 4 rings (SSSR count). The van der Waals surface area contributed by atoms with E-state index < -0.39 is 9.84 Å². The van der Waals surface area contributed by atoms with E-state index in [-0.39, 0.29) is 21.7 Å². The molecular formula is C24H28N4O3S. The lowest BCUT2D eigenvalue weighted by atomic mass is 10.2. The molecule has 2 N–H and O–H groups in total. The number of para-hydroxylation sites is 2. The normalized spacial score (nSPS) is 12.3. The molecule has 168 valence electrons. The van der Waals surface area contributed by atoms with Crippen molar-refractivity contribution in [3.05, 3.63) is 53.6 Å². The Morgan fingerprint density at radius 2 is 1.75 bits per heavy atom. The van der Waals surface area contributed by atoms with Gasteiger partial charge in [-0.25, -0.2) is 18.4 Å². The molecule has 0 spiro atoms. The molecule has 2 heterocycles. The smallest absolute Gasteiger partial charge is 0.212 e. The second-order valence-electron chi connectivity index (χ2n) is 8.30. The van der Waals surface area contributed by atoms with Crippen LogP contribution in [-0.4, -0.2) is 35.7 Å². The number of hydrogen-bond acceptors (Lipinski definition) is 6. The van der Waals surface area contributed by atoms with Crippen molar-refractivity contribution in [3.63, 3.8) is 0 Å². The Balaban J connectivity index is 1.94. The Kier molecular flexibility index (Phi) is 5.92. The molecule has 0 aliphatic heterocycles. The van der Waals surface area contributed by atoms with E-state index in [0.717, 1.165) is 5.56 Å². The van der Waals surface area contributed by atoms with Crippen molar-refractivity contribution in [3.8, 4) is 0 Å². The number of aromatic nitrogens is 3. The monoisotopic (exact) mass is 452 g/mol. The quantitative estimate of drug-likeness (QED) is 0.416. The van der Waals surface area contributed by atoms with Gasteiger partial charge in [-0.05, 0) is 63.4 Å². The van der Waals surface area contributed by atoms with Crippen LogP contribution in [0.15, 0.2) is 52.3 Å². The minimum atomic E-state index is -3.92. The van der Waals surface area contributed by atoms with E-state index in [1.165, 1.54) is 0 Å². The number of sulfone groups is 1. The first kappa shape index (κ1) is 22.2. The summed E-state index contributed by atoms with van der Waals surface area (Å²) in [7, 11) is -3.92. The summed E-state index contributed by atoms with van der Waals surface area (Å²) in [5.41, 5.74) is 10.1. The summed E-state index contributed by atoms with van der Waals surface area (Å²) in [5, 5.41) is 0. The maximum atomic E-state index is 13.8. The van der Waals surface area contributed by atoms with Crippen LogP contribution in [0.4, 0.5) is 5.82 Å². The molecule has 0 atom stereocenters. The second kappa shape index (κ2) is 8.52. The summed E-state index contributed by atoms with van der Waals surface area (Å²) < 4.78 is 35.0. The average molecular weight is 453 g/mol. The summed E-state index contributed by atoms with van der Waals surface area (Å²) in [6.07, 6.45) is 0.793. The van der Waals surface area contributed by atoms with Crippen molar-refractivity contribution in [1.82, 2.24) is 14.5 Å². The molecule has 2 aromatic heterocycles. The van der Waals surface area contributed by atoms with Gasteiger partial charge in [-0.1, -0.05) is 24.3 Å².